The minimum atomic E-state index is -0.370. The zero-order chi connectivity index (χ0) is 16.8. The summed E-state index contributed by atoms with van der Waals surface area (Å²) in [6.45, 7) is 6.07. The summed E-state index contributed by atoms with van der Waals surface area (Å²) in [5.41, 5.74) is 7.13. The van der Waals surface area contributed by atoms with E-state index in [-0.39, 0.29) is 11.2 Å². The van der Waals surface area contributed by atoms with Gasteiger partial charge in [0.1, 0.15) is 11.6 Å². The van der Waals surface area contributed by atoms with Crippen LogP contribution in [0.3, 0.4) is 0 Å². The van der Waals surface area contributed by atoms with Crippen molar-refractivity contribution in [2.45, 2.75) is 31.2 Å². The maximum atomic E-state index is 12.4. The van der Waals surface area contributed by atoms with Crippen molar-refractivity contribution in [1.82, 2.24) is 9.97 Å². The molecule has 0 radical (unpaired) electrons. The van der Waals surface area contributed by atoms with E-state index in [1.807, 2.05) is 32.0 Å². The number of nitrogens with two attached hydrogens (primary N) is 1. The smallest absolute Gasteiger partial charge is 0.237 e. The zero-order valence-corrected chi connectivity index (χ0v) is 14.2. The number of rotatable bonds is 6. The van der Waals surface area contributed by atoms with Crippen LogP contribution in [0, 0.1) is 6.92 Å². The van der Waals surface area contributed by atoms with E-state index < -0.39 is 0 Å². The molecule has 7 heteroatoms. The van der Waals surface area contributed by atoms with Crippen LogP contribution >= 0.6 is 11.8 Å². The first-order chi connectivity index (χ1) is 11.0. The van der Waals surface area contributed by atoms with Gasteiger partial charge in [0.25, 0.3) is 0 Å². The number of hydrogen-bond acceptors (Lipinski definition) is 6. The Bertz CT molecular complexity index is 673. The number of para-hydroxylation sites is 2. The summed E-state index contributed by atoms with van der Waals surface area (Å²) in [6.07, 6.45) is 0. The Morgan fingerprint density at radius 2 is 2.13 bits per heavy atom. The molecule has 2 aromatic rings. The normalized spacial score (nSPS) is 11.8. The molecule has 2 rings (SSSR count). The number of nitrogen functional groups attached to an aromatic ring is 1. The van der Waals surface area contributed by atoms with Gasteiger partial charge >= 0.3 is 0 Å². The predicted octanol–water partition coefficient (Wildman–Crippen LogP) is 2.89. The van der Waals surface area contributed by atoms with Crippen LogP contribution < -0.4 is 15.8 Å². The van der Waals surface area contributed by atoms with Crippen LogP contribution in [0.5, 0.6) is 5.75 Å². The minimum absolute atomic E-state index is 0.147. The third-order valence-corrected chi connectivity index (χ3v) is 3.91. The molecule has 0 aliphatic carbocycles. The van der Waals surface area contributed by atoms with Gasteiger partial charge in [-0.25, -0.2) is 9.97 Å². The van der Waals surface area contributed by atoms with Gasteiger partial charge in [0.15, 0.2) is 5.16 Å². The molecule has 122 valence electrons. The highest BCUT2D eigenvalue weighted by Crippen LogP contribution is 2.26. The van der Waals surface area contributed by atoms with Crippen molar-refractivity contribution in [3.63, 3.8) is 0 Å². The van der Waals surface area contributed by atoms with Crippen LogP contribution in [0.2, 0.25) is 0 Å². The fourth-order valence-corrected chi connectivity index (χ4v) is 2.75. The van der Waals surface area contributed by atoms with Crippen molar-refractivity contribution in [3.05, 3.63) is 36.0 Å². The van der Waals surface area contributed by atoms with Gasteiger partial charge in [-0.15, -0.1) is 0 Å². The first kappa shape index (κ1) is 17.1. The summed E-state index contributed by atoms with van der Waals surface area (Å²) in [6, 6.07) is 9.03. The molecular formula is C16H20N4O2S. The number of thioether (sulfide) groups is 1. The number of aromatic nitrogens is 2. The molecule has 0 fully saturated rings. The van der Waals surface area contributed by atoms with E-state index in [1.54, 1.807) is 19.1 Å². The van der Waals surface area contributed by atoms with Gasteiger partial charge in [0, 0.05) is 11.8 Å². The quantitative estimate of drug-likeness (QED) is 0.624. The molecule has 0 aliphatic rings. The molecule has 0 saturated heterocycles. The summed E-state index contributed by atoms with van der Waals surface area (Å²) in [4.78, 5) is 20.8. The third kappa shape index (κ3) is 4.85. The van der Waals surface area contributed by atoms with E-state index >= 15 is 0 Å². The summed E-state index contributed by atoms with van der Waals surface area (Å²) in [5, 5.41) is 2.99. The summed E-state index contributed by atoms with van der Waals surface area (Å²) in [5.74, 6) is 0.900. The first-order valence-electron chi connectivity index (χ1n) is 7.30. The molecule has 0 spiro atoms. The Morgan fingerprint density at radius 1 is 1.39 bits per heavy atom. The minimum Gasteiger partial charge on any atom is -0.492 e. The summed E-state index contributed by atoms with van der Waals surface area (Å²) < 4.78 is 5.50. The van der Waals surface area contributed by atoms with E-state index in [0.717, 1.165) is 5.69 Å². The van der Waals surface area contributed by atoms with Gasteiger partial charge in [-0.3, -0.25) is 4.79 Å². The number of benzene rings is 1. The SMILES string of the molecule is CCOc1ccccc1NC(=O)[C@@H](C)Sc1nc(C)cc(N)n1. The highest BCUT2D eigenvalue weighted by atomic mass is 32.2. The molecule has 0 saturated carbocycles. The number of nitrogens with one attached hydrogen (secondary N) is 1. The first-order valence-corrected chi connectivity index (χ1v) is 8.18. The van der Waals surface area contributed by atoms with Crippen molar-refractivity contribution in [2.24, 2.45) is 0 Å². The van der Waals surface area contributed by atoms with Crippen molar-refractivity contribution >= 4 is 29.2 Å². The summed E-state index contributed by atoms with van der Waals surface area (Å²) >= 11 is 1.26. The Labute approximate surface area is 139 Å². The maximum absolute atomic E-state index is 12.4. The third-order valence-electron chi connectivity index (χ3n) is 2.95. The van der Waals surface area contributed by atoms with E-state index in [4.69, 9.17) is 10.5 Å². The highest BCUT2D eigenvalue weighted by Gasteiger charge is 2.18. The number of ether oxygens (including phenoxy) is 1. The number of nitrogens with zero attached hydrogens (tertiary/aromatic N) is 2. The Morgan fingerprint density at radius 3 is 2.83 bits per heavy atom. The molecule has 0 bridgehead atoms. The van der Waals surface area contributed by atoms with E-state index in [1.165, 1.54) is 11.8 Å². The standard InChI is InChI=1S/C16H20N4O2S/c1-4-22-13-8-6-5-7-12(13)19-15(21)11(3)23-16-18-10(2)9-14(17)20-16/h5-9,11H,4H2,1-3H3,(H,19,21)(H2,17,18,20)/t11-/m1/s1. The molecule has 1 heterocycles. The monoisotopic (exact) mass is 332 g/mol. The molecule has 1 aromatic heterocycles. The van der Waals surface area contributed by atoms with Crippen molar-refractivity contribution in [3.8, 4) is 5.75 Å². The predicted molar refractivity (Wildman–Crippen MR) is 92.7 cm³/mol. The van der Waals surface area contributed by atoms with Gasteiger partial charge < -0.3 is 15.8 Å². The zero-order valence-electron chi connectivity index (χ0n) is 13.4. The number of carbonyl (C=O) groups excluding carboxylic acids is 1. The van der Waals surface area contributed by atoms with Crippen molar-refractivity contribution in [1.29, 1.82) is 0 Å². The molecule has 1 amide bonds. The van der Waals surface area contributed by atoms with Crippen molar-refractivity contribution < 1.29 is 9.53 Å². The largest absolute Gasteiger partial charge is 0.492 e. The lowest BCUT2D eigenvalue weighted by molar-refractivity contribution is -0.115. The molecule has 0 unspecified atom stereocenters. The molecule has 23 heavy (non-hydrogen) atoms. The molecule has 0 aliphatic heterocycles. The fraction of sp³-hybridized carbons (Fsp3) is 0.312. The molecule has 1 aromatic carbocycles. The van der Waals surface area contributed by atoms with Gasteiger partial charge in [-0.2, -0.15) is 0 Å². The second-order valence-corrected chi connectivity index (χ2v) is 6.20. The average Bonchev–Trinajstić information content (AvgIpc) is 2.48. The average molecular weight is 332 g/mol. The second kappa shape index (κ2) is 7.82. The lowest BCUT2D eigenvalue weighted by atomic mass is 10.3. The van der Waals surface area contributed by atoms with Gasteiger partial charge in [0.05, 0.1) is 17.5 Å². The van der Waals surface area contributed by atoms with Gasteiger partial charge in [-0.05, 0) is 32.9 Å². The van der Waals surface area contributed by atoms with Crippen LogP contribution in [-0.2, 0) is 4.79 Å². The van der Waals surface area contributed by atoms with Crippen LogP contribution in [-0.4, -0.2) is 27.7 Å². The van der Waals surface area contributed by atoms with Gasteiger partial charge in [-0.1, -0.05) is 23.9 Å². The molecular weight excluding hydrogens is 312 g/mol. The van der Waals surface area contributed by atoms with Crippen LogP contribution in [0.1, 0.15) is 19.5 Å². The van der Waals surface area contributed by atoms with E-state index in [0.29, 0.717) is 29.0 Å². The number of anilines is 2. The fourth-order valence-electron chi connectivity index (χ4n) is 1.91. The summed E-state index contributed by atoms with van der Waals surface area (Å²) in [7, 11) is 0. The van der Waals surface area contributed by atoms with E-state index in [2.05, 4.69) is 15.3 Å². The van der Waals surface area contributed by atoms with Crippen molar-refractivity contribution in [2.75, 3.05) is 17.7 Å². The van der Waals surface area contributed by atoms with Gasteiger partial charge in [0.2, 0.25) is 5.91 Å². The maximum Gasteiger partial charge on any atom is 0.237 e. The number of aryl methyl sites for hydroxylation is 1. The second-order valence-electron chi connectivity index (χ2n) is 4.90. The molecule has 3 N–H and O–H groups in total. The Kier molecular flexibility index (Phi) is 5.81. The number of carbonyl (C=O) groups is 1. The highest BCUT2D eigenvalue weighted by molar-refractivity contribution is 8.00. The van der Waals surface area contributed by atoms with Crippen LogP contribution in [0.4, 0.5) is 11.5 Å². The lowest BCUT2D eigenvalue weighted by Crippen LogP contribution is -2.23. The van der Waals surface area contributed by atoms with Crippen LogP contribution in [0.25, 0.3) is 0 Å². The molecule has 1 atom stereocenters. The number of amides is 1. The topological polar surface area (TPSA) is 90.1 Å². The van der Waals surface area contributed by atoms with Crippen LogP contribution in [0.15, 0.2) is 35.5 Å². The van der Waals surface area contributed by atoms with E-state index in [9.17, 15) is 4.79 Å². The lowest BCUT2D eigenvalue weighted by Gasteiger charge is -2.14. The number of hydrogen-bond donors (Lipinski definition) is 2. The Hall–Kier alpha value is -2.28. The molecule has 6 nitrogen and oxygen atoms in total. The Balaban J connectivity index is 2.05.